The van der Waals surface area contributed by atoms with Gasteiger partial charge >= 0.3 is 0 Å². The van der Waals surface area contributed by atoms with Crippen LogP contribution in [0.3, 0.4) is 0 Å². The zero-order valence-corrected chi connectivity index (χ0v) is 22.0. The van der Waals surface area contributed by atoms with E-state index in [4.69, 9.17) is 0 Å². The van der Waals surface area contributed by atoms with Crippen molar-refractivity contribution in [3.05, 3.63) is 91.0 Å². The Morgan fingerprint density at radius 3 is 0.767 bits per heavy atom. The van der Waals surface area contributed by atoms with Crippen LogP contribution < -0.4 is 12.7 Å². The highest BCUT2D eigenvalue weighted by Gasteiger charge is 2.62. The van der Waals surface area contributed by atoms with Crippen molar-refractivity contribution in [2.24, 2.45) is 0 Å². The summed E-state index contributed by atoms with van der Waals surface area (Å²) in [5.41, 5.74) is 4.08. The van der Waals surface area contributed by atoms with Gasteiger partial charge in [0.15, 0.2) is 0 Å². The van der Waals surface area contributed by atoms with Crippen molar-refractivity contribution in [2.75, 3.05) is 12.7 Å². The molecule has 3 aromatic carbocycles. The third-order valence-electron chi connectivity index (χ3n) is 6.33. The van der Waals surface area contributed by atoms with E-state index < -0.39 is 25.2 Å². The van der Waals surface area contributed by atoms with Crippen molar-refractivity contribution in [2.45, 2.75) is 39.3 Å². The fourth-order valence-corrected chi connectivity index (χ4v) is 30.0. The summed E-state index contributed by atoms with van der Waals surface area (Å²) >= 11 is 0. The second-order valence-corrected chi connectivity index (χ2v) is 22.5. The number of benzene rings is 3. The van der Waals surface area contributed by atoms with Crippen molar-refractivity contribution in [1.29, 1.82) is 0 Å². The number of para-hydroxylation sites is 3. The lowest BCUT2D eigenvalue weighted by atomic mass is 10.3. The van der Waals surface area contributed by atoms with Crippen molar-refractivity contribution in [3.63, 3.8) is 0 Å². The average Bonchev–Trinajstić information content (AvgIpc) is 2.68. The summed E-state index contributed by atoms with van der Waals surface area (Å²) in [6.45, 7) is 15.2. The maximum atomic E-state index is 2.86. The van der Waals surface area contributed by atoms with Gasteiger partial charge in [-0.25, -0.2) is 0 Å². The Kier molecular flexibility index (Phi) is 5.20. The SMILES string of the molecule is C[Si]1(C)N(c2ccccc2)[Si](C)(C)N(c2ccccc2)[Si](C)(C)N1c1ccccc1. The molecule has 6 heteroatoms. The van der Waals surface area contributed by atoms with Gasteiger partial charge in [-0.05, 0) is 75.7 Å². The fraction of sp³-hybridized carbons (Fsp3) is 0.250. The van der Waals surface area contributed by atoms with Crippen molar-refractivity contribution < 1.29 is 0 Å². The molecule has 0 bridgehead atoms. The molecule has 4 rings (SSSR count). The number of hydrogen-bond donors (Lipinski definition) is 0. The van der Waals surface area contributed by atoms with Gasteiger partial charge in [-0.2, -0.15) is 0 Å². The van der Waals surface area contributed by atoms with Gasteiger partial charge in [0.25, 0.3) is 0 Å². The molecular weight excluding hydrogens is 415 g/mol. The smallest absolute Gasteiger partial charge is 0.244 e. The Labute approximate surface area is 185 Å². The minimum atomic E-state index is -2.03. The lowest BCUT2D eigenvalue weighted by Crippen LogP contribution is -2.91. The summed E-state index contributed by atoms with van der Waals surface area (Å²) in [4.78, 5) is 0. The lowest BCUT2D eigenvalue weighted by molar-refractivity contribution is 1.15. The second-order valence-electron chi connectivity index (χ2n) is 9.50. The molecule has 1 saturated heterocycles. The van der Waals surface area contributed by atoms with E-state index in [2.05, 4.69) is 143 Å². The van der Waals surface area contributed by atoms with Gasteiger partial charge in [0.05, 0.1) is 0 Å². The maximum absolute atomic E-state index is 2.86. The van der Waals surface area contributed by atoms with Crippen LogP contribution in [0.15, 0.2) is 91.0 Å². The predicted molar refractivity (Wildman–Crippen MR) is 139 cm³/mol. The van der Waals surface area contributed by atoms with Gasteiger partial charge in [0.1, 0.15) is 0 Å². The van der Waals surface area contributed by atoms with Gasteiger partial charge < -0.3 is 12.7 Å². The molecule has 30 heavy (non-hydrogen) atoms. The minimum Gasteiger partial charge on any atom is -0.393 e. The van der Waals surface area contributed by atoms with Crippen LogP contribution in [-0.4, -0.2) is 25.2 Å². The molecule has 3 nitrogen and oxygen atoms in total. The third-order valence-corrected chi connectivity index (χ3v) is 24.3. The van der Waals surface area contributed by atoms with Crippen LogP contribution in [0.4, 0.5) is 17.1 Å². The molecule has 1 fully saturated rings. The maximum Gasteiger partial charge on any atom is 0.244 e. The Morgan fingerprint density at radius 1 is 0.367 bits per heavy atom. The Balaban J connectivity index is 2.00. The molecule has 156 valence electrons. The van der Waals surface area contributed by atoms with E-state index in [1.807, 2.05) is 0 Å². The molecule has 0 radical (unpaired) electrons. The van der Waals surface area contributed by atoms with Crippen molar-refractivity contribution in [1.82, 2.24) is 0 Å². The first-order valence-corrected chi connectivity index (χ1v) is 19.4. The lowest BCUT2D eigenvalue weighted by Gasteiger charge is -2.69. The number of anilines is 3. The van der Waals surface area contributed by atoms with Gasteiger partial charge in [-0.3, -0.25) is 0 Å². The zero-order valence-electron chi connectivity index (χ0n) is 19.0. The Morgan fingerprint density at radius 2 is 0.567 bits per heavy atom. The van der Waals surface area contributed by atoms with E-state index in [-0.39, 0.29) is 0 Å². The summed E-state index contributed by atoms with van der Waals surface area (Å²) in [6, 6.07) is 33.3. The summed E-state index contributed by atoms with van der Waals surface area (Å²) in [6.07, 6.45) is 0. The molecule has 0 unspecified atom stereocenters. The molecule has 0 saturated carbocycles. The van der Waals surface area contributed by atoms with Crippen molar-refractivity contribution >= 4 is 42.3 Å². The van der Waals surface area contributed by atoms with Crippen LogP contribution in [0, 0.1) is 0 Å². The van der Waals surface area contributed by atoms with E-state index in [1.165, 1.54) is 17.1 Å². The first-order chi connectivity index (χ1) is 14.2. The second kappa shape index (κ2) is 7.44. The zero-order chi connectivity index (χ0) is 21.6. The molecule has 1 heterocycles. The van der Waals surface area contributed by atoms with E-state index in [0.717, 1.165) is 0 Å². The molecule has 0 atom stereocenters. The average molecular weight is 448 g/mol. The van der Waals surface area contributed by atoms with Gasteiger partial charge in [-0.1, -0.05) is 54.6 Å². The number of nitrogens with zero attached hydrogens (tertiary/aromatic N) is 3. The highest BCUT2D eigenvalue weighted by Crippen LogP contribution is 2.45. The van der Waals surface area contributed by atoms with Crippen LogP contribution in [0.5, 0.6) is 0 Å². The standard InChI is InChI=1S/C24H33N3Si3/c1-28(2)25(22-16-10-7-11-17-22)29(3,4)27(24-20-14-9-15-21-24)30(5,6)26(28)23-18-12-8-13-19-23/h7-21H,1-6H3. The van der Waals surface area contributed by atoms with E-state index in [1.54, 1.807) is 0 Å². The van der Waals surface area contributed by atoms with Crippen molar-refractivity contribution in [3.8, 4) is 0 Å². The fourth-order valence-electron chi connectivity index (χ4n) is 5.94. The topological polar surface area (TPSA) is 9.72 Å². The first kappa shape index (κ1) is 21.0. The van der Waals surface area contributed by atoms with Gasteiger partial charge in [0, 0.05) is 17.1 Å². The molecular formula is C24H33N3Si3. The summed E-state index contributed by atoms with van der Waals surface area (Å²) in [5, 5.41) is 0. The number of rotatable bonds is 3. The summed E-state index contributed by atoms with van der Waals surface area (Å²) in [7, 11) is -6.08. The Hall–Kier alpha value is -2.29. The molecule has 0 amide bonds. The summed E-state index contributed by atoms with van der Waals surface area (Å²) in [5.74, 6) is 0. The quantitative estimate of drug-likeness (QED) is 0.417. The summed E-state index contributed by atoms with van der Waals surface area (Å²) < 4.78 is 8.58. The highest BCUT2D eigenvalue weighted by molar-refractivity contribution is 7.20. The van der Waals surface area contributed by atoms with Gasteiger partial charge in [0.2, 0.25) is 25.2 Å². The first-order valence-electron chi connectivity index (χ1n) is 10.7. The van der Waals surface area contributed by atoms with Crippen LogP contribution in [0.2, 0.25) is 39.3 Å². The molecule has 0 aromatic heterocycles. The molecule has 0 N–H and O–H groups in total. The van der Waals surface area contributed by atoms with Gasteiger partial charge in [-0.15, -0.1) is 0 Å². The van der Waals surface area contributed by atoms with E-state index >= 15 is 0 Å². The molecule has 0 spiro atoms. The van der Waals surface area contributed by atoms with Crippen LogP contribution >= 0.6 is 0 Å². The normalized spacial score (nSPS) is 19.6. The Bertz CT molecular complexity index is 842. The van der Waals surface area contributed by atoms with Crippen LogP contribution in [-0.2, 0) is 0 Å². The predicted octanol–water partition coefficient (Wildman–Crippen LogP) is 6.63. The monoisotopic (exact) mass is 447 g/mol. The van der Waals surface area contributed by atoms with Crippen LogP contribution in [0.1, 0.15) is 0 Å². The van der Waals surface area contributed by atoms with E-state index in [9.17, 15) is 0 Å². The molecule has 3 aromatic rings. The molecule has 1 aliphatic heterocycles. The van der Waals surface area contributed by atoms with E-state index in [0.29, 0.717) is 0 Å². The van der Waals surface area contributed by atoms with Crippen LogP contribution in [0.25, 0.3) is 0 Å². The highest BCUT2D eigenvalue weighted by atomic mass is 28.5. The largest absolute Gasteiger partial charge is 0.393 e. The molecule has 0 aliphatic carbocycles. The molecule has 1 aliphatic rings. The minimum absolute atomic E-state index is 1.36. The number of hydrogen-bond acceptors (Lipinski definition) is 3. The third kappa shape index (κ3) is 3.23.